The van der Waals surface area contributed by atoms with Gasteiger partial charge in [-0.1, -0.05) is 11.2 Å². The highest BCUT2D eigenvalue weighted by Gasteiger charge is 2.13. The molecule has 1 aromatic carbocycles. The van der Waals surface area contributed by atoms with Gasteiger partial charge >= 0.3 is 0 Å². The first-order valence-electron chi connectivity index (χ1n) is 6.05. The van der Waals surface area contributed by atoms with Gasteiger partial charge in [0.05, 0.1) is 11.3 Å². The Hall–Kier alpha value is -2.30. The van der Waals surface area contributed by atoms with Crippen LogP contribution in [0.1, 0.15) is 32.9 Å². The van der Waals surface area contributed by atoms with Gasteiger partial charge in [0, 0.05) is 17.8 Å². The number of amides is 1. The largest absolute Gasteiger partial charge is 0.398 e. The third-order valence-corrected chi connectivity index (χ3v) is 3.06. The SMILES string of the molecule is Cc1ccc(C(=O)NCc2c(C)noc2C)c(N)c1. The maximum atomic E-state index is 12.1. The van der Waals surface area contributed by atoms with Crippen molar-refractivity contribution in [3.8, 4) is 0 Å². The van der Waals surface area contributed by atoms with Crippen LogP contribution in [0.2, 0.25) is 0 Å². The number of nitrogens with one attached hydrogen (secondary N) is 1. The number of nitrogens with two attached hydrogens (primary N) is 1. The first kappa shape index (κ1) is 13.1. The maximum Gasteiger partial charge on any atom is 0.253 e. The molecule has 5 heteroatoms. The quantitative estimate of drug-likeness (QED) is 0.827. The Labute approximate surface area is 111 Å². The fraction of sp³-hybridized carbons (Fsp3) is 0.286. The smallest absolute Gasteiger partial charge is 0.253 e. The lowest BCUT2D eigenvalue weighted by Gasteiger charge is -2.08. The highest BCUT2D eigenvalue weighted by molar-refractivity contribution is 5.99. The van der Waals surface area contributed by atoms with E-state index in [9.17, 15) is 4.79 Å². The Kier molecular flexibility index (Phi) is 3.55. The van der Waals surface area contributed by atoms with Crippen LogP contribution in [0.25, 0.3) is 0 Å². The minimum absolute atomic E-state index is 0.197. The maximum absolute atomic E-state index is 12.1. The molecule has 0 bridgehead atoms. The summed E-state index contributed by atoms with van der Waals surface area (Å²) in [4.78, 5) is 12.1. The number of carbonyl (C=O) groups excluding carboxylic acids is 1. The van der Waals surface area contributed by atoms with E-state index < -0.39 is 0 Å². The summed E-state index contributed by atoms with van der Waals surface area (Å²) in [7, 11) is 0. The predicted molar refractivity (Wildman–Crippen MR) is 72.7 cm³/mol. The molecule has 100 valence electrons. The first-order chi connectivity index (χ1) is 8.99. The molecule has 19 heavy (non-hydrogen) atoms. The van der Waals surface area contributed by atoms with Crippen LogP contribution in [0, 0.1) is 20.8 Å². The summed E-state index contributed by atoms with van der Waals surface area (Å²) in [5.41, 5.74) is 9.52. The van der Waals surface area contributed by atoms with Gasteiger partial charge in [0.25, 0.3) is 5.91 Å². The molecular weight excluding hydrogens is 242 g/mol. The molecule has 0 radical (unpaired) electrons. The molecule has 0 saturated carbocycles. The van der Waals surface area contributed by atoms with Crippen molar-refractivity contribution in [3.05, 3.63) is 46.3 Å². The Morgan fingerprint density at radius 3 is 2.68 bits per heavy atom. The average Bonchev–Trinajstić information content (AvgIpc) is 2.66. The summed E-state index contributed by atoms with van der Waals surface area (Å²) in [6.45, 7) is 5.98. The molecule has 0 spiro atoms. The van der Waals surface area contributed by atoms with Crippen LogP contribution in [0.3, 0.4) is 0 Å². The summed E-state index contributed by atoms with van der Waals surface area (Å²) < 4.78 is 5.05. The van der Waals surface area contributed by atoms with E-state index in [1.165, 1.54) is 0 Å². The number of benzene rings is 1. The number of aryl methyl sites for hydroxylation is 3. The second-order valence-corrected chi connectivity index (χ2v) is 4.58. The van der Waals surface area contributed by atoms with Crippen molar-refractivity contribution in [1.29, 1.82) is 0 Å². The summed E-state index contributed by atoms with van der Waals surface area (Å²) in [6.07, 6.45) is 0. The molecule has 0 atom stereocenters. The van der Waals surface area contributed by atoms with Crippen molar-refractivity contribution in [1.82, 2.24) is 10.5 Å². The number of nitrogens with zero attached hydrogens (tertiary/aromatic N) is 1. The minimum atomic E-state index is -0.197. The summed E-state index contributed by atoms with van der Waals surface area (Å²) in [6, 6.07) is 5.37. The van der Waals surface area contributed by atoms with Gasteiger partial charge in [-0.3, -0.25) is 4.79 Å². The van der Waals surface area contributed by atoms with Crippen LogP contribution < -0.4 is 11.1 Å². The van der Waals surface area contributed by atoms with Crippen LogP contribution in [0.15, 0.2) is 22.7 Å². The lowest BCUT2D eigenvalue weighted by molar-refractivity contribution is 0.0951. The number of rotatable bonds is 3. The summed E-state index contributed by atoms with van der Waals surface area (Å²) >= 11 is 0. The first-order valence-corrected chi connectivity index (χ1v) is 6.05. The average molecular weight is 259 g/mol. The van der Waals surface area contributed by atoms with Gasteiger partial charge in [-0.2, -0.15) is 0 Å². The minimum Gasteiger partial charge on any atom is -0.398 e. The lowest BCUT2D eigenvalue weighted by Crippen LogP contribution is -2.24. The molecule has 1 amide bonds. The number of hydrogen-bond acceptors (Lipinski definition) is 4. The molecule has 5 nitrogen and oxygen atoms in total. The van der Waals surface area contributed by atoms with Gasteiger partial charge < -0.3 is 15.6 Å². The van der Waals surface area contributed by atoms with Crippen molar-refractivity contribution in [2.75, 3.05) is 5.73 Å². The summed E-state index contributed by atoms with van der Waals surface area (Å²) in [5, 5.41) is 6.67. The monoisotopic (exact) mass is 259 g/mol. The zero-order chi connectivity index (χ0) is 14.0. The van der Waals surface area contributed by atoms with Gasteiger partial charge in [-0.15, -0.1) is 0 Å². The third-order valence-electron chi connectivity index (χ3n) is 3.06. The van der Waals surface area contributed by atoms with Gasteiger partial charge in [-0.05, 0) is 38.5 Å². The van der Waals surface area contributed by atoms with Crippen molar-refractivity contribution in [2.24, 2.45) is 0 Å². The van der Waals surface area contributed by atoms with Crippen molar-refractivity contribution < 1.29 is 9.32 Å². The number of carbonyl (C=O) groups is 1. The molecule has 2 rings (SSSR count). The van der Waals surface area contributed by atoms with Gasteiger partial charge in [0.2, 0.25) is 0 Å². The lowest BCUT2D eigenvalue weighted by atomic mass is 10.1. The van der Waals surface area contributed by atoms with Gasteiger partial charge in [-0.25, -0.2) is 0 Å². The van der Waals surface area contributed by atoms with Crippen LogP contribution in [-0.2, 0) is 6.54 Å². The van der Waals surface area contributed by atoms with Crippen LogP contribution in [0.5, 0.6) is 0 Å². The second kappa shape index (κ2) is 5.14. The second-order valence-electron chi connectivity index (χ2n) is 4.58. The van der Waals surface area contributed by atoms with Crippen LogP contribution in [-0.4, -0.2) is 11.1 Å². The molecule has 0 unspecified atom stereocenters. The zero-order valence-corrected chi connectivity index (χ0v) is 11.3. The van der Waals surface area contributed by atoms with E-state index in [1.54, 1.807) is 12.1 Å². The molecule has 3 N–H and O–H groups in total. The standard InChI is InChI=1S/C14H17N3O2/c1-8-4-5-11(13(15)6-8)14(18)16-7-12-9(2)17-19-10(12)3/h4-6H,7,15H2,1-3H3,(H,16,18). The van der Waals surface area contributed by atoms with E-state index >= 15 is 0 Å². The van der Waals surface area contributed by atoms with E-state index in [1.807, 2.05) is 26.8 Å². The predicted octanol–water partition coefficient (Wildman–Crippen LogP) is 2.11. The Balaban J connectivity index is 2.10. The molecule has 1 heterocycles. The van der Waals surface area contributed by atoms with Crippen LogP contribution >= 0.6 is 0 Å². The molecule has 0 aliphatic rings. The third kappa shape index (κ3) is 2.76. The zero-order valence-electron chi connectivity index (χ0n) is 11.3. The van der Waals surface area contributed by atoms with Crippen molar-refractivity contribution >= 4 is 11.6 Å². The number of hydrogen-bond donors (Lipinski definition) is 2. The Morgan fingerprint density at radius 1 is 1.37 bits per heavy atom. The van der Waals surface area contributed by atoms with Crippen molar-refractivity contribution in [3.63, 3.8) is 0 Å². The Morgan fingerprint density at radius 2 is 2.11 bits per heavy atom. The number of aromatic nitrogens is 1. The fourth-order valence-corrected chi connectivity index (χ4v) is 1.91. The van der Waals surface area contributed by atoms with Crippen molar-refractivity contribution in [2.45, 2.75) is 27.3 Å². The van der Waals surface area contributed by atoms with E-state index in [4.69, 9.17) is 10.3 Å². The van der Waals surface area contributed by atoms with Crippen LogP contribution in [0.4, 0.5) is 5.69 Å². The summed E-state index contributed by atoms with van der Waals surface area (Å²) in [5.74, 6) is 0.521. The highest BCUT2D eigenvalue weighted by atomic mass is 16.5. The molecule has 0 aliphatic heterocycles. The topological polar surface area (TPSA) is 81.2 Å². The van der Waals surface area contributed by atoms with E-state index in [-0.39, 0.29) is 5.91 Å². The van der Waals surface area contributed by atoms with E-state index in [2.05, 4.69) is 10.5 Å². The highest BCUT2D eigenvalue weighted by Crippen LogP contribution is 2.15. The fourth-order valence-electron chi connectivity index (χ4n) is 1.91. The number of nitrogen functional groups attached to an aromatic ring is 1. The molecular formula is C14H17N3O2. The van der Waals surface area contributed by atoms with Gasteiger partial charge in [0.15, 0.2) is 0 Å². The van der Waals surface area contributed by atoms with Gasteiger partial charge in [0.1, 0.15) is 5.76 Å². The normalized spacial score (nSPS) is 10.5. The Bertz CT molecular complexity index is 598. The molecule has 1 aromatic heterocycles. The van der Waals surface area contributed by atoms with E-state index in [0.29, 0.717) is 17.8 Å². The van der Waals surface area contributed by atoms with E-state index in [0.717, 1.165) is 22.6 Å². The molecule has 0 aliphatic carbocycles. The number of anilines is 1. The molecule has 2 aromatic rings. The molecule has 0 fully saturated rings. The molecule has 0 saturated heterocycles.